The van der Waals surface area contributed by atoms with Crippen molar-refractivity contribution in [1.29, 1.82) is 0 Å². The topological polar surface area (TPSA) is 75.2 Å². The first-order valence-corrected chi connectivity index (χ1v) is 6.70. The van der Waals surface area contributed by atoms with E-state index in [4.69, 9.17) is 0 Å². The van der Waals surface area contributed by atoms with E-state index in [0.29, 0.717) is 10.0 Å². The van der Waals surface area contributed by atoms with Gasteiger partial charge in [-0.1, -0.05) is 17.4 Å². The van der Waals surface area contributed by atoms with Crippen LogP contribution in [0.5, 0.6) is 0 Å². The number of hydrogen-bond acceptors (Lipinski definition) is 6. The van der Waals surface area contributed by atoms with Gasteiger partial charge in [-0.05, 0) is 11.4 Å². The second-order valence-electron chi connectivity index (χ2n) is 3.31. The third kappa shape index (κ3) is 2.39. The lowest BCUT2D eigenvalue weighted by Crippen LogP contribution is -2.34. The number of hydrogen-bond donors (Lipinski definition) is 1. The summed E-state index contributed by atoms with van der Waals surface area (Å²) in [5, 5.41) is 12.6. The zero-order valence-corrected chi connectivity index (χ0v) is 11.3. The lowest BCUT2D eigenvalue weighted by Gasteiger charge is -2.10. The Morgan fingerprint density at radius 3 is 2.78 bits per heavy atom. The molecule has 0 spiro atoms. The zero-order chi connectivity index (χ0) is 13.1. The first-order valence-electron chi connectivity index (χ1n) is 5.00. The van der Waals surface area contributed by atoms with Gasteiger partial charge >= 0.3 is 6.03 Å². The molecule has 2 amide bonds. The molecule has 8 heteroatoms. The number of urea groups is 1. The summed E-state index contributed by atoms with van der Waals surface area (Å²) in [4.78, 5) is 25.3. The van der Waals surface area contributed by atoms with Gasteiger partial charge in [-0.15, -0.1) is 21.5 Å². The third-order valence-electron chi connectivity index (χ3n) is 2.16. The SMILES string of the molecule is CNC(=O)N(C)c1nnc(C(=O)c2cccs2)s1. The number of nitrogens with zero attached hydrogens (tertiary/aromatic N) is 3. The minimum Gasteiger partial charge on any atom is -0.341 e. The lowest BCUT2D eigenvalue weighted by atomic mass is 10.3. The fourth-order valence-electron chi connectivity index (χ4n) is 1.21. The molecule has 0 unspecified atom stereocenters. The van der Waals surface area contributed by atoms with E-state index in [1.807, 2.05) is 5.38 Å². The van der Waals surface area contributed by atoms with Crippen LogP contribution in [0.4, 0.5) is 9.93 Å². The average Bonchev–Trinajstić information content (AvgIpc) is 3.06. The first kappa shape index (κ1) is 12.7. The molecule has 2 rings (SSSR count). The number of thiophene rings is 1. The molecular formula is C10H10N4O2S2. The second-order valence-corrected chi connectivity index (χ2v) is 5.21. The van der Waals surface area contributed by atoms with Gasteiger partial charge in [0.1, 0.15) is 0 Å². The molecule has 2 heterocycles. The summed E-state index contributed by atoms with van der Waals surface area (Å²) in [7, 11) is 3.09. The van der Waals surface area contributed by atoms with Crippen LogP contribution in [-0.2, 0) is 0 Å². The average molecular weight is 282 g/mol. The van der Waals surface area contributed by atoms with Crippen molar-refractivity contribution in [1.82, 2.24) is 15.5 Å². The summed E-state index contributed by atoms with van der Waals surface area (Å²) in [6.45, 7) is 0. The van der Waals surface area contributed by atoms with Gasteiger partial charge in [0, 0.05) is 14.1 Å². The summed E-state index contributed by atoms with van der Waals surface area (Å²) in [5.74, 6) is -0.168. The van der Waals surface area contributed by atoms with Crippen molar-refractivity contribution >= 4 is 39.6 Å². The van der Waals surface area contributed by atoms with Crippen LogP contribution in [0.3, 0.4) is 0 Å². The van der Waals surface area contributed by atoms with Crippen LogP contribution in [-0.4, -0.2) is 36.1 Å². The smallest absolute Gasteiger partial charge is 0.323 e. The predicted molar refractivity (Wildman–Crippen MR) is 70.5 cm³/mol. The van der Waals surface area contributed by atoms with Crippen LogP contribution in [0, 0.1) is 0 Å². The summed E-state index contributed by atoms with van der Waals surface area (Å²) >= 11 is 2.44. The number of amides is 2. The van der Waals surface area contributed by atoms with Gasteiger partial charge in [-0.2, -0.15) is 0 Å². The van der Waals surface area contributed by atoms with E-state index < -0.39 is 0 Å². The Bertz CT molecular complexity index is 564. The largest absolute Gasteiger partial charge is 0.341 e. The van der Waals surface area contributed by atoms with Gasteiger partial charge in [-0.3, -0.25) is 9.69 Å². The minimum absolute atomic E-state index is 0.168. The second kappa shape index (κ2) is 5.23. The van der Waals surface area contributed by atoms with Gasteiger partial charge in [0.25, 0.3) is 0 Å². The number of aromatic nitrogens is 2. The highest BCUT2D eigenvalue weighted by Crippen LogP contribution is 2.23. The van der Waals surface area contributed by atoms with Crippen LogP contribution in [0.25, 0.3) is 0 Å². The molecule has 2 aromatic rings. The highest BCUT2D eigenvalue weighted by molar-refractivity contribution is 7.19. The molecule has 0 aromatic carbocycles. The Balaban J connectivity index is 2.21. The number of carbonyl (C=O) groups excluding carboxylic acids is 2. The molecule has 2 aromatic heterocycles. The summed E-state index contributed by atoms with van der Waals surface area (Å²) in [6.07, 6.45) is 0. The quantitative estimate of drug-likeness (QED) is 0.868. The fourth-order valence-corrected chi connectivity index (χ4v) is 2.70. The zero-order valence-electron chi connectivity index (χ0n) is 9.71. The lowest BCUT2D eigenvalue weighted by molar-refractivity contribution is 0.104. The molecule has 0 saturated heterocycles. The van der Waals surface area contributed by atoms with Gasteiger partial charge in [-0.25, -0.2) is 4.79 Å². The molecule has 0 aliphatic heterocycles. The Morgan fingerprint density at radius 2 is 2.17 bits per heavy atom. The van der Waals surface area contributed by atoms with E-state index in [1.54, 1.807) is 19.2 Å². The summed E-state index contributed by atoms with van der Waals surface area (Å²) in [5.41, 5.74) is 0. The van der Waals surface area contributed by atoms with E-state index in [1.165, 1.54) is 23.3 Å². The molecule has 0 fully saturated rings. The maximum atomic E-state index is 12.0. The first-order chi connectivity index (χ1) is 8.63. The van der Waals surface area contributed by atoms with Crippen LogP contribution in [0.2, 0.25) is 0 Å². The van der Waals surface area contributed by atoms with Gasteiger partial charge in [0.05, 0.1) is 4.88 Å². The van der Waals surface area contributed by atoms with E-state index in [0.717, 1.165) is 11.3 Å². The van der Waals surface area contributed by atoms with Crippen molar-refractivity contribution in [3.8, 4) is 0 Å². The molecule has 0 atom stereocenters. The van der Waals surface area contributed by atoms with Crippen molar-refractivity contribution < 1.29 is 9.59 Å². The number of ketones is 1. The van der Waals surface area contributed by atoms with Gasteiger partial charge < -0.3 is 5.32 Å². The van der Waals surface area contributed by atoms with E-state index >= 15 is 0 Å². The summed E-state index contributed by atoms with van der Waals surface area (Å²) in [6, 6.07) is 3.23. The van der Waals surface area contributed by atoms with Gasteiger partial charge in [0.15, 0.2) is 5.01 Å². The molecule has 0 bridgehead atoms. The maximum absolute atomic E-state index is 12.0. The Labute approximate surface area is 111 Å². The van der Waals surface area contributed by atoms with Crippen LogP contribution in [0.15, 0.2) is 17.5 Å². The Hall–Kier alpha value is -1.80. The van der Waals surface area contributed by atoms with Crippen molar-refractivity contribution in [2.45, 2.75) is 0 Å². The van der Waals surface area contributed by atoms with Crippen LogP contribution < -0.4 is 10.2 Å². The number of carbonyl (C=O) groups is 2. The molecule has 1 N–H and O–H groups in total. The molecule has 0 aliphatic carbocycles. The van der Waals surface area contributed by atoms with Crippen LogP contribution in [0.1, 0.15) is 14.7 Å². The number of rotatable bonds is 3. The summed E-state index contributed by atoms with van der Waals surface area (Å²) < 4.78 is 0. The maximum Gasteiger partial charge on any atom is 0.323 e. The Morgan fingerprint density at radius 1 is 1.39 bits per heavy atom. The minimum atomic E-state index is -0.304. The van der Waals surface area contributed by atoms with E-state index in [2.05, 4.69) is 15.5 Å². The molecule has 18 heavy (non-hydrogen) atoms. The number of nitrogens with one attached hydrogen (secondary N) is 1. The molecule has 0 aliphatic rings. The normalized spacial score (nSPS) is 10.1. The Kier molecular flexibility index (Phi) is 3.68. The van der Waals surface area contributed by atoms with Crippen molar-refractivity contribution in [2.24, 2.45) is 0 Å². The van der Waals surface area contributed by atoms with E-state index in [9.17, 15) is 9.59 Å². The molecular weight excluding hydrogens is 272 g/mol. The molecule has 0 saturated carbocycles. The monoisotopic (exact) mass is 282 g/mol. The van der Waals surface area contributed by atoms with Crippen molar-refractivity contribution in [2.75, 3.05) is 19.0 Å². The fraction of sp³-hybridized carbons (Fsp3) is 0.200. The van der Waals surface area contributed by atoms with Crippen molar-refractivity contribution in [3.63, 3.8) is 0 Å². The molecule has 6 nitrogen and oxygen atoms in total. The van der Waals surface area contributed by atoms with Crippen LogP contribution >= 0.6 is 22.7 Å². The highest BCUT2D eigenvalue weighted by atomic mass is 32.1. The van der Waals surface area contributed by atoms with Gasteiger partial charge in [0.2, 0.25) is 10.9 Å². The molecule has 94 valence electrons. The molecule has 0 radical (unpaired) electrons. The number of anilines is 1. The third-order valence-corrected chi connectivity index (χ3v) is 4.03. The standard InChI is InChI=1S/C10H10N4O2S2/c1-11-9(16)14(2)10-13-12-8(18-10)7(15)6-4-3-5-17-6/h3-5H,1-2H3,(H,11,16). The highest BCUT2D eigenvalue weighted by Gasteiger charge is 2.19. The predicted octanol–water partition coefficient (Wildman–Crippen LogP) is 1.61. The van der Waals surface area contributed by atoms with E-state index in [-0.39, 0.29) is 16.8 Å². The van der Waals surface area contributed by atoms with Crippen molar-refractivity contribution in [3.05, 3.63) is 27.4 Å².